The number of ether oxygens (including phenoxy) is 3. The number of hydrogen-bond donors (Lipinski definition) is 0. The number of allylic oxidation sites excluding steroid dienone is 1. The molecule has 0 amide bonds. The minimum atomic E-state index is -0.138. The van der Waals surface area contributed by atoms with Crippen LogP contribution in [0.25, 0.3) is 6.08 Å². The molecule has 1 aliphatic heterocycles. The molecule has 0 aliphatic carbocycles. The molecule has 3 aromatic rings. The number of hydrogen-bond acceptors (Lipinski definition) is 6. The molecule has 0 saturated carbocycles. The van der Waals surface area contributed by atoms with Gasteiger partial charge in [-0.3, -0.25) is 4.79 Å². The van der Waals surface area contributed by atoms with Gasteiger partial charge in [-0.2, -0.15) is 5.10 Å². The Morgan fingerprint density at radius 1 is 1.00 bits per heavy atom. The van der Waals surface area contributed by atoms with E-state index in [4.69, 9.17) is 30.8 Å². The fourth-order valence-electron chi connectivity index (χ4n) is 3.79. The van der Waals surface area contributed by atoms with Crippen LogP contribution in [0.3, 0.4) is 0 Å². The average molecular weight is 504 g/mol. The number of ketones is 1. The smallest absolute Gasteiger partial charge is 0.203 e. The van der Waals surface area contributed by atoms with E-state index in [-0.39, 0.29) is 5.78 Å². The Morgan fingerprint density at radius 2 is 1.67 bits per heavy atom. The van der Waals surface area contributed by atoms with Crippen LogP contribution >= 0.6 is 11.6 Å². The first-order valence-electron chi connectivity index (χ1n) is 11.2. The molecule has 7 nitrogen and oxygen atoms in total. The molecule has 0 saturated heterocycles. The summed E-state index contributed by atoms with van der Waals surface area (Å²) in [6, 6.07) is 18.2. The maximum absolute atomic E-state index is 12.8. The van der Waals surface area contributed by atoms with E-state index in [1.165, 1.54) is 6.08 Å². The van der Waals surface area contributed by atoms with Crippen LogP contribution in [-0.2, 0) is 0 Å². The molecule has 3 aromatic carbocycles. The Balaban J connectivity index is 1.52. The summed E-state index contributed by atoms with van der Waals surface area (Å²) in [4.78, 5) is 17.5. The van der Waals surface area contributed by atoms with Crippen LogP contribution in [0.2, 0.25) is 5.02 Å². The normalized spacial score (nSPS) is 14.3. The lowest BCUT2D eigenvalue weighted by atomic mass is 10.1. The highest BCUT2D eigenvalue weighted by molar-refractivity contribution is 6.34. The van der Waals surface area contributed by atoms with Crippen molar-refractivity contribution >= 4 is 46.4 Å². The summed E-state index contributed by atoms with van der Waals surface area (Å²) in [5.74, 6) is 2.16. The van der Waals surface area contributed by atoms with Gasteiger partial charge in [0.2, 0.25) is 5.75 Å². The number of anilines is 1. The molecule has 0 aromatic heterocycles. The Bertz CT molecular complexity index is 1340. The van der Waals surface area contributed by atoms with Gasteiger partial charge in [-0.1, -0.05) is 29.8 Å². The predicted octanol–water partition coefficient (Wildman–Crippen LogP) is 6.58. The number of carbonyl (C=O) groups excluding carboxylic acids is 1. The standard InChI is InChI=1S/C28H26ClN3O4/c1-18-15-27(32(31-18)23-8-6-5-7-22(23)29)30-21-12-10-20(11-13-21)24(33)14-9-19-16-25(34-2)28(36-4)26(17-19)35-3/h5-14,16-17H,15H2,1-4H3/b14-9+,30-27?. The summed E-state index contributed by atoms with van der Waals surface area (Å²) in [6.07, 6.45) is 3.83. The summed E-state index contributed by atoms with van der Waals surface area (Å²) in [5.41, 5.74) is 3.73. The molecule has 0 bridgehead atoms. The predicted molar refractivity (Wildman–Crippen MR) is 145 cm³/mol. The summed E-state index contributed by atoms with van der Waals surface area (Å²) in [7, 11) is 4.64. The number of carbonyl (C=O) groups is 1. The molecule has 184 valence electrons. The Labute approximate surface area is 215 Å². The lowest BCUT2D eigenvalue weighted by Gasteiger charge is -2.16. The molecule has 1 aliphatic rings. The molecule has 0 radical (unpaired) electrons. The molecular weight excluding hydrogens is 478 g/mol. The van der Waals surface area contributed by atoms with Gasteiger partial charge in [0.15, 0.2) is 17.3 Å². The van der Waals surface area contributed by atoms with E-state index in [9.17, 15) is 4.79 Å². The minimum absolute atomic E-state index is 0.138. The van der Waals surface area contributed by atoms with Crippen LogP contribution < -0.4 is 19.2 Å². The van der Waals surface area contributed by atoms with Crippen LogP contribution in [0.5, 0.6) is 17.2 Å². The lowest BCUT2D eigenvalue weighted by Crippen LogP contribution is -2.20. The van der Waals surface area contributed by atoms with Gasteiger partial charge in [0, 0.05) is 17.7 Å². The third-order valence-corrected chi connectivity index (χ3v) is 5.85. The van der Waals surface area contributed by atoms with Crippen molar-refractivity contribution in [2.75, 3.05) is 26.3 Å². The van der Waals surface area contributed by atoms with Crippen LogP contribution in [-0.4, -0.2) is 38.7 Å². The van der Waals surface area contributed by atoms with E-state index < -0.39 is 0 Å². The van der Waals surface area contributed by atoms with Crippen molar-refractivity contribution in [2.24, 2.45) is 10.1 Å². The number of methoxy groups -OCH3 is 3. The van der Waals surface area contributed by atoms with Gasteiger partial charge in [-0.05, 0) is 67.1 Å². The summed E-state index contributed by atoms with van der Waals surface area (Å²) in [6.45, 7) is 1.95. The van der Waals surface area contributed by atoms with Crippen molar-refractivity contribution < 1.29 is 19.0 Å². The van der Waals surface area contributed by atoms with Crippen molar-refractivity contribution in [1.29, 1.82) is 0 Å². The van der Waals surface area contributed by atoms with Gasteiger partial charge in [0.05, 0.1) is 37.7 Å². The molecule has 0 unspecified atom stereocenters. The molecule has 1 heterocycles. The second-order valence-electron chi connectivity index (χ2n) is 8.01. The summed E-state index contributed by atoms with van der Waals surface area (Å²) >= 11 is 6.37. The van der Waals surface area contributed by atoms with Gasteiger partial charge in [-0.15, -0.1) is 0 Å². The number of amidine groups is 1. The number of halogens is 1. The van der Waals surface area contributed by atoms with Crippen LogP contribution in [0.15, 0.2) is 76.8 Å². The number of nitrogens with zero attached hydrogens (tertiary/aromatic N) is 3. The van der Waals surface area contributed by atoms with E-state index in [0.29, 0.717) is 34.3 Å². The summed E-state index contributed by atoms with van der Waals surface area (Å²) in [5, 5.41) is 6.94. The number of benzene rings is 3. The SMILES string of the molecule is COc1cc(/C=C/C(=O)c2ccc(N=C3CC(C)=NN3c3ccccc3Cl)cc2)cc(OC)c1OC. The Morgan fingerprint density at radius 3 is 2.28 bits per heavy atom. The molecule has 0 spiro atoms. The highest BCUT2D eigenvalue weighted by Gasteiger charge is 2.23. The van der Waals surface area contributed by atoms with Crippen LogP contribution in [0.4, 0.5) is 11.4 Å². The fourth-order valence-corrected chi connectivity index (χ4v) is 4.00. The zero-order valence-corrected chi connectivity index (χ0v) is 21.2. The van der Waals surface area contributed by atoms with E-state index in [0.717, 1.165) is 28.5 Å². The van der Waals surface area contributed by atoms with E-state index in [1.807, 2.05) is 43.3 Å². The van der Waals surface area contributed by atoms with E-state index in [2.05, 4.69) is 5.10 Å². The first kappa shape index (κ1) is 25.0. The monoisotopic (exact) mass is 503 g/mol. The van der Waals surface area contributed by atoms with Gasteiger partial charge in [0.1, 0.15) is 5.84 Å². The third-order valence-electron chi connectivity index (χ3n) is 5.53. The maximum atomic E-state index is 12.8. The molecule has 0 N–H and O–H groups in total. The molecule has 8 heteroatoms. The van der Waals surface area contributed by atoms with Gasteiger partial charge >= 0.3 is 0 Å². The van der Waals surface area contributed by atoms with E-state index >= 15 is 0 Å². The van der Waals surface area contributed by atoms with Crippen molar-refractivity contribution in [3.8, 4) is 17.2 Å². The first-order chi connectivity index (χ1) is 17.4. The van der Waals surface area contributed by atoms with Crippen molar-refractivity contribution in [3.63, 3.8) is 0 Å². The Hall–Kier alpha value is -4.10. The van der Waals surface area contributed by atoms with Crippen LogP contribution in [0.1, 0.15) is 29.3 Å². The maximum Gasteiger partial charge on any atom is 0.203 e. The number of para-hydroxylation sites is 1. The molecule has 0 atom stereocenters. The quantitative estimate of drug-likeness (QED) is 0.256. The minimum Gasteiger partial charge on any atom is -0.493 e. The number of aliphatic imine (C=N–C) groups is 1. The average Bonchev–Trinajstić information content (AvgIpc) is 3.26. The topological polar surface area (TPSA) is 72.7 Å². The largest absolute Gasteiger partial charge is 0.493 e. The van der Waals surface area contributed by atoms with Crippen molar-refractivity contribution in [1.82, 2.24) is 0 Å². The molecule has 0 fully saturated rings. The van der Waals surface area contributed by atoms with E-state index in [1.54, 1.807) is 56.7 Å². The van der Waals surface area contributed by atoms with Crippen molar-refractivity contribution in [3.05, 3.63) is 82.9 Å². The number of rotatable bonds is 8. The summed E-state index contributed by atoms with van der Waals surface area (Å²) < 4.78 is 16.1. The highest BCUT2D eigenvalue weighted by atomic mass is 35.5. The zero-order chi connectivity index (χ0) is 25.7. The third kappa shape index (κ3) is 5.42. The lowest BCUT2D eigenvalue weighted by molar-refractivity contribution is 0.104. The van der Waals surface area contributed by atoms with Crippen LogP contribution in [0, 0.1) is 0 Å². The number of hydrazone groups is 1. The second kappa shape index (κ2) is 11.1. The molecule has 4 rings (SSSR count). The van der Waals surface area contributed by atoms with Gasteiger partial charge < -0.3 is 14.2 Å². The van der Waals surface area contributed by atoms with Gasteiger partial charge in [0.25, 0.3) is 0 Å². The molecule has 36 heavy (non-hydrogen) atoms. The second-order valence-corrected chi connectivity index (χ2v) is 8.41. The highest BCUT2D eigenvalue weighted by Crippen LogP contribution is 2.38. The first-order valence-corrected chi connectivity index (χ1v) is 11.6. The van der Waals surface area contributed by atoms with Gasteiger partial charge in [-0.25, -0.2) is 10.0 Å². The fraction of sp³-hybridized carbons (Fsp3) is 0.179. The van der Waals surface area contributed by atoms with Crippen molar-refractivity contribution in [2.45, 2.75) is 13.3 Å². The zero-order valence-electron chi connectivity index (χ0n) is 20.5. The Kier molecular flexibility index (Phi) is 7.71. The molecular formula is C28H26ClN3O4.